The van der Waals surface area contributed by atoms with Crippen molar-refractivity contribution in [2.75, 3.05) is 19.7 Å². The highest BCUT2D eigenvalue weighted by atomic mass is 16.5. The summed E-state index contributed by atoms with van der Waals surface area (Å²) in [5, 5.41) is 0. The summed E-state index contributed by atoms with van der Waals surface area (Å²) in [6, 6.07) is 18.0. The number of hydrogen-bond acceptors (Lipinski definition) is 5. The molecule has 2 aromatic heterocycles. The summed E-state index contributed by atoms with van der Waals surface area (Å²) in [6.07, 6.45) is 4.42. The summed E-state index contributed by atoms with van der Waals surface area (Å²) in [4.78, 5) is 26.8. The molecule has 0 unspecified atom stereocenters. The van der Waals surface area contributed by atoms with E-state index in [1.165, 1.54) is 5.56 Å². The molecule has 7 heteroatoms. The summed E-state index contributed by atoms with van der Waals surface area (Å²) in [7, 11) is 0. The maximum atomic E-state index is 12.7. The van der Waals surface area contributed by atoms with Crippen LogP contribution in [0.15, 0.2) is 65.2 Å². The summed E-state index contributed by atoms with van der Waals surface area (Å²) >= 11 is 0. The number of ether oxygens (including phenoxy) is 1. The molecule has 1 amide bonds. The molecular formula is C25H26N4O3. The third-order valence-electron chi connectivity index (χ3n) is 5.82. The van der Waals surface area contributed by atoms with Gasteiger partial charge >= 0.3 is 0 Å². The van der Waals surface area contributed by atoms with Crippen molar-refractivity contribution in [2.24, 2.45) is 0 Å². The fourth-order valence-corrected chi connectivity index (χ4v) is 4.20. The van der Waals surface area contributed by atoms with Crippen LogP contribution in [0.4, 0.5) is 0 Å². The first-order valence-electron chi connectivity index (χ1n) is 11.0. The summed E-state index contributed by atoms with van der Waals surface area (Å²) in [5.74, 6) is 2.40. The smallest absolute Gasteiger partial charge is 0.248 e. The van der Waals surface area contributed by atoms with Gasteiger partial charge in [-0.3, -0.25) is 4.79 Å². The molecule has 3 heterocycles. The SMILES string of the molecule is O=C(COCc1nc2ccccc2[nH]1)N1CCC[C@H](c2ncc(Cc3ccccc3)o2)C1. The Morgan fingerprint density at radius 3 is 2.88 bits per heavy atom. The average molecular weight is 431 g/mol. The average Bonchev–Trinajstić information content (AvgIpc) is 3.46. The molecule has 5 rings (SSSR count). The Labute approximate surface area is 186 Å². The van der Waals surface area contributed by atoms with Gasteiger partial charge in [0.1, 0.15) is 24.8 Å². The van der Waals surface area contributed by atoms with Crippen LogP contribution in [0, 0.1) is 0 Å². The molecule has 7 nitrogen and oxygen atoms in total. The number of nitrogens with zero attached hydrogens (tertiary/aromatic N) is 3. The Kier molecular flexibility index (Phi) is 5.98. The lowest BCUT2D eigenvalue weighted by Crippen LogP contribution is -2.41. The van der Waals surface area contributed by atoms with Crippen molar-refractivity contribution < 1.29 is 13.9 Å². The number of benzene rings is 2. The number of para-hydroxylation sites is 2. The van der Waals surface area contributed by atoms with Crippen molar-refractivity contribution >= 4 is 16.9 Å². The van der Waals surface area contributed by atoms with E-state index in [4.69, 9.17) is 9.15 Å². The number of amides is 1. The number of carbonyl (C=O) groups is 1. The van der Waals surface area contributed by atoms with E-state index in [-0.39, 0.29) is 25.0 Å². The number of piperidine rings is 1. The minimum Gasteiger partial charge on any atom is -0.445 e. The molecule has 4 aromatic rings. The molecule has 32 heavy (non-hydrogen) atoms. The van der Waals surface area contributed by atoms with Crippen LogP contribution in [0.3, 0.4) is 0 Å². The maximum absolute atomic E-state index is 12.7. The molecule has 1 fully saturated rings. The largest absolute Gasteiger partial charge is 0.445 e. The maximum Gasteiger partial charge on any atom is 0.248 e. The van der Waals surface area contributed by atoms with E-state index in [9.17, 15) is 4.79 Å². The van der Waals surface area contributed by atoms with Gasteiger partial charge in [0.05, 0.1) is 23.1 Å². The van der Waals surface area contributed by atoms with Crippen molar-refractivity contribution in [1.82, 2.24) is 19.9 Å². The second-order valence-corrected chi connectivity index (χ2v) is 8.20. The predicted octanol–water partition coefficient (Wildman–Crippen LogP) is 4.06. The fraction of sp³-hybridized carbons (Fsp3) is 0.320. The molecule has 0 aliphatic carbocycles. The van der Waals surface area contributed by atoms with E-state index in [0.29, 0.717) is 6.54 Å². The first-order chi connectivity index (χ1) is 15.7. The number of rotatable bonds is 7. The molecule has 164 valence electrons. The van der Waals surface area contributed by atoms with Gasteiger partial charge < -0.3 is 19.0 Å². The van der Waals surface area contributed by atoms with Crippen LogP contribution in [-0.2, 0) is 22.6 Å². The number of aromatic nitrogens is 3. The lowest BCUT2D eigenvalue weighted by atomic mass is 9.98. The van der Waals surface area contributed by atoms with Gasteiger partial charge in [0.25, 0.3) is 0 Å². The van der Waals surface area contributed by atoms with Gasteiger partial charge in [-0.1, -0.05) is 42.5 Å². The summed E-state index contributed by atoms with van der Waals surface area (Å²) in [5.41, 5.74) is 3.06. The van der Waals surface area contributed by atoms with E-state index in [1.54, 1.807) is 6.20 Å². The normalized spacial score (nSPS) is 16.5. The number of H-pyrrole nitrogens is 1. The highest BCUT2D eigenvalue weighted by molar-refractivity contribution is 5.77. The Hall–Kier alpha value is -3.45. The number of nitrogens with one attached hydrogen (secondary N) is 1. The standard InChI is InChI=1S/C25H26N4O3/c30-24(17-31-16-23-27-21-10-4-5-11-22(21)28-23)29-12-6-9-19(15-29)25-26-14-20(32-25)13-18-7-2-1-3-8-18/h1-5,7-8,10-11,14,19H,6,9,12-13,15-17H2,(H,27,28)/t19-/m0/s1. The zero-order valence-corrected chi connectivity index (χ0v) is 17.9. The quantitative estimate of drug-likeness (QED) is 0.478. The number of aromatic amines is 1. The number of carbonyl (C=O) groups excluding carboxylic acids is 1. The molecule has 1 aliphatic rings. The topological polar surface area (TPSA) is 84.2 Å². The zero-order chi connectivity index (χ0) is 21.8. The Morgan fingerprint density at radius 2 is 2.00 bits per heavy atom. The van der Waals surface area contributed by atoms with Crippen molar-refractivity contribution in [3.05, 3.63) is 83.8 Å². The first-order valence-corrected chi connectivity index (χ1v) is 11.0. The Bertz CT molecular complexity index is 1150. The lowest BCUT2D eigenvalue weighted by molar-refractivity contribution is -0.138. The van der Waals surface area contributed by atoms with E-state index in [0.717, 1.165) is 54.3 Å². The number of fused-ring (bicyclic) bond motifs is 1. The molecular weight excluding hydrogens is 404 g/mol. The van der Waals surface area contributed by atoms with Crippen LogP contribution in [0.1, 0.15) is 41.8 Å². The number of likely N-dealkylation sites (tertiary alicyclic amines) is 1. The molecule has 2 aromatic carbocycles. The molecule has 0 radical (unpaired) electrons. The van der Waals surface area contributed by atoms with Crippen LogP contribution >= 0.6 is 0 Å². The molecule has 0 saturated carbocycles. The van der Waals surface area contributed by atoms with Gasteiger partial charge in [-0.15, -0.1) is 0 Å². The van der Waals surface area contributed by atoms with E-state index in [2.05, 4.69) is 27.1 Å². The zero-order valence-electron chi connectivity index (χ0n) is 17.9. The van der Waals surface area contributed by atoms with Crippen molar-refractivity contribution in [1.29, 1.82) is 0 Å². The van der Waals surface area contributed by atoms with Gasteiger partial charge in [0.2, 0.25) is 5.91 Å². The van der Waals surface area contributed by atoms with Crippen molar-refractivity contribution in [2.45, 2.75) is 31.8 Å². The van der Waals surface area contributed by atoms with Crippen molar-refractivity contribution in [3.8, 4) is 0 Å². The highest BCUT2D eigenvalue weighted by Crippen LogP contribution is 2.27. The summed E-state index contributed by atoms with van der Waals surface area (Å²) in [6.45, 7) is 1.66. The van der Waals surface area contributed by atoms with Crippen LogP contribution in [-0.4, -0.2) is 45.5 Å². The molecule has 1 atom stereocenters. The van der Waals surface area contributed by atoms with Gasteiger partial charge in [0, 0.05) is 19.5 Å². The number of imidazole rings is 1. The number of hydrogen-bond donors (Lipinski definition) is 1. The van der Waals surface area contributed by atoms with E-state index in [1.807, 2.05) is 47.4 Å². The third-order valence-corrected chi connectivity index (χ3v) is 5.82. The summed E-state index contributed by atoms with van der Waals surface area (Å²) < 4.78 is 11.7. The van der Waals surface area contributed by atoms with Crippen molar-refractivity contribution in [3.63, 3.8) is 0 Å². The molecule has 1 N–H and O–H groups in total. The van der Waals surface area contributed by atoms with Gasteiger partial charge in [0.15, 0.2) is 5.89 Å². The second-order valence-electron chi connectivity index (χ2n) is 8.20. The molecule has 1 saturated heterocycles. The van der Waals surface area contributed by atoms with Gasteiger partial charge in [-0.25, -0.2) is 9.97 Å². The van der Waals surface area contributed by atoms with E-state index >= 15 is 0 Å². The minimum absolute atomic E-state index is 0.0122. The fourth-order valence-electron chi connectivity index (χ4n) is 4.20. The predicted molar refractivity (Wildman–Crippen MR) is 120 cm³/mol. The Balaban J connectivity index is 1.13. The van der Waals surface area contributed by atoms with E-state index < -0.39 is 0 Å². The number of oxazole rings is 1. The van der Waals surface area contributed by atoms with Crippen LogP contribution < -0.4 is 0 Å². The minimum atomic E-state index is -0.0122. The first kappa shape index (κ1) is 20.5. The van der Waals surface area contributed by atoms with Crippen LogP contribution in [0.25, 0.3) is 11.0 Å². The molecule has 0 spiro atoms. The second kappa shape index (κ2) is 9.36. The monoisotopic (exact) mass is 430 g/mol. The Morgan fingerprint density at radius 1 is 1.16 bits per heavy atom. The van der Waals surface area contributed by atoms with Gasteiger partial charge in [-0.2, -0.15) is 0 Å². The highest BCUT2D eigenvalue weighted by Gasteiger charge is 2.28. The molecule has 1 aliphatic heterocycles. The lowest BCUT2D eigenvalue weighted by Gasteiger charge is -2.31. The van der Waals surface area contributed by atoms with Gasteiger partial charge in [-0.05, 0) is 30.5 Å². The van der Waals surface area contributed by atoms with Crippen LogP contribution in [0.5, 0.6) is 0 Å². The van der Waals surface area contributed by atoms with Crippen LogP contribution in [0.2, 0.25) is 0 Å². The molecule has 0 bridgehead atoms. The third kappa shape index (κ3) is 4.73.